The van der Waals surface area contributed by atoms with Gasteiger partial charge in [0.25, 0.3) is 0 Å². The second-order valence-corrected chi connectivity index (χ2v) is 16.2. The Bertz CT molecular complexity index is 1130. The van der Waals surface area contributed by atoms with Crippen LogP contribution in [0.5, 0.6) is 0 Å². The standard InChI is InChI=1S/C34H53NO6/c1-19(2)20-10-15-34(29(41)35-22(28(39)40)18-26(37)38)17-16-32(6)21(27(20)34)8-9-24-31(5)13-12-25(36)30(3,4)23(31)11-14-33(24,32)7/h20-25,27,36H,1,8-18H2,2-7H3,(H,35,41)(H,37,38)(H,39,40)/t20-,21+,22-,23-,24+,25-,27+,31-,32+,33+,34-/m0/s1. The minimum absolute atomic E-state index is 0.0316. The van der Waals surface area contributed by atoms with Crippen LogP contribution in [-0.4, -0.2) is 45.3 Å². The lowest BCUT2D eigenvalue weighted by atomic mass is 9.32. The largest absolute Gasteiger partial charge is 0.481 e. The van der Waals surface area contributed by atoms with Gasteiger partial charge in [-0.15, -0.1) is 0 Å². The van der Waals surface area contributed by atoms with Gasteiger partial charge in [0.2, 0.25) is 5.91 Å². The van der Waals surface area contributed by atoms with Crippen LogP contribution in [0.4, 0.5) is 0 Å². The molecule has 5 rings (SSSR count). The van der Waals surface area contributed by atoms with Crippen LogP contribution >= 0.6 is 0 Å². The highest BCUT2D eigenvalue weighted by Crippen LogP contribution is 2.77. The number of carbonyl (C=O) groups is 3. The van der Waals surface area contributed by atoms with Gasteiger partial charge < -0.3 is 20.6 Å². The van der Waals surface area contributed by atoms with Crippen molar-refractivity contribution in [3.8, 4) is 0 Å². The van der Waals surface area contributed by atoms with E-state index in [1.807, 2.05) is 0 Å². The van der Waals surface area contributed by atoms with E-state index in [2.05, 4.69) is 53.4 Å². The van der Waals surface area contributed by atoms with Gasteiger partial charge in [-0.1, -0.05) is 46.8 Å². The molecule has 4 N–H and O–H groups in total. The van der Waals surface area contributed by atoms with Crippen LogP contribution in [0, 0.1) is 56.7 Å². The van der Waals surface area contributed by atoms with Gasteiger partial charge in [-0.05, 0) is 122 Å². The molecule has 0 aromatic carbocycles. The maximum atomic E-state index is 14.1. The van der Waals surface area contributed by atoms with Crippen molar-refractivity contribution in [1.82, 2.24) is 5.32 Å². The molecule has 1 amide bonds. The predicted molar refractivity (Wildman–Crippen MR) is 157 cm³/mol. The first-order chi connectivity index (χ1) is 19.0. The van der Waals surface area contributed by atoms with Crippen molar-refractivity contribution in [1.29, 1.82) is 0 Å². The van der Waals surface area contributed by atoms with Crippen molar-refractivity contribution in [2.45, 2.75) is 124 Å². The summed E-state index contributed by atoms with van der Waals surface area (Å²) in [5.74, 6) is -1.17. The van der Waals surface area contributed by atoms with Crippen molar-refractivity contribution < 1.29 is 29.7 Å². The number of allylic oxidation sites excluding steroid dienone is 1. The topological polar surface area (TPSA) is 124 Å². The fourth-order valence-electron chi connectivity index (χ4n) is 12.2. The van der Waals surface area contributed by atoms with Crippen LogP contribution in [0.25, 0.3) is 0 Å². The number of hydrogen-bond donors (Lipinski definition) is 4. The highest BCUT2D eigenvalue weighted by molar-refractivity contribution is 5.90. The molecule has 7 nitrogen and oxygen atoms in total. The van der Waals surface area contributed by atoms with E-state index in [1.165, 1.54) is 0 Å². The number of aliphatic hydroxyl groups is 1. The number of nitrogens with one attached hydrogen (secondary N) is 1. The molecular weight excluding hydrogens is 518 g/mol. The maximum Gasteiger partial charge on any atom is 0.326 e. The minimum atomic E-state index is -1.43. The molecular formula is C34H53NO6. The summed E-state index contributed by atoms with van der Waals surface area (Å²) in [5.41, 5.74) is 0.617. The molecule has 0 aliphatic heterocycles. The molecule has 0 spiro atoms. The van der Waals surface area contributed by atoms with Gasteiger partial charge in [0, 0.05) is 0 Å². The van der Waals surface area contributed by atoms with E-state index in [4.69, 9.17) is 0 Å². The number of rotatable bonds is 6. The number of carboxylic acids is 2. The molecule has 0 saturated heterocycles. The lowest BCUT2D eigenvalue weighted by Crippen LogP contribution is -2.67. The summed E-state index contributed by atoms with van der Waals surface area (Å²) < 4.78 is 0. The summed E-state index contributed by atoms with van der Waals surface area (Å²) in [4.78, 5) is 37.4. The molecule has 5 aliphatic rings. The van der Waals surface area contributed by atoms with Crippen molar-refractivity contribution in [2.75, 3.05) is 0 Å². The van der Waals surface area contributed by atoms with Gasteiger partial charge in [0.05, 0.1) is 17.9 Å². The molecule has 0 bridgehead atoms. The second kappa shape index (κ2) is 9.82. The Morgan fingerprint density at radius 3 is 2.15 bits per heavy atom. The lowest BCUT2D eigenvalue weighted by Gasteiger charge is -2.72. The Morgan fingerprint density at radius 2 is 1.54 bits per heavy atom. The van der Waals surface area contributed by atoms with Gasteiger partial charge >= 0.3 is 11.9 Å². The molecule has 7 heteroatoms. The Balaban J connectivity index is 1.51. The summed E-state index contributed by atoms with van der Waals surface area (Å²) in [6, 6.07) is -1.43. The molecule has 0 unspecified atom stereocenters. The van der Waals surface area contributed by atoms with E-state index < -0.39 is 29.8 Å². The summed E-state index contributed by atoms with van der Waals surface area (Å²) in [6.45, 7) is 18.5. The number of carbonyl (C=O) groups excluding carboxylic acids is 1. The van der Waals surface area contributed by atoms with E-state index in [1.54, 1.807) is 0 Å². The highest BCUT2D eigenvalue weighted by Gasteiger charge is 2.72. The summed E-state index contributed by atoms with van der Waals surface area (Å²) in [7, 11) is 0. The molecule has 0 radical (unpaired) electrons. The molecule has 41 heavy (non-hydrogen) atoms. The van der Waals surface area contributed by atoms with Crippen molar-refractivity contribution in [3.05, 3.63) is 12.2 Å². The van der Waals surface area contributed by atoms with Gasteiger partial charge in [-0.25, -0.2) is 4.79 Å². The summed E-state index contributed by atoms with van der Waals surface area (Å²) in [5, 5.41) is 32.7. The Kier molecular flexibility index (Phi) is 7.32. The molecule has 0 aromatic heterocycles. The van der Waals surface area contributed by atoms with Crippen LogP contribution in [0.2, 0.25) is 0 Å². The van der Waals surface area contributed by atoms with Crippen LogP contribution in [-0.2, 0) is 14.4 Å². The van der Waals surface area contributed by atoms with Crippen LogP contribution in [0.15, 0.2) is 12.2 Å². The Morgan fingerprint density at radius 1 is 0.854 bits per heavy atom. The zero-order chi connectivity index (χ0) is 30.3. The normalized spacial score (nSPS) is 47.1. The molecule has 0 heterocycles. The van der Waals surface area contributed by atoms with Gasteiger partial charge in [0.15, 0.2) is 0 Å². The average Bonchev–Trinajstić information content (AvgIpc) is 3.27. The van der Waals surface area contributed by atoms with Crippen LogP contribution < -0.4 is 5.32 Å². The van der Waals surface area contributed by atoms with Crippen molar-refractivity contribution >= 4 is 17.8 Å². The first-order valence-corrected chi connectivity index (χ1v) is 16.0. The number of amides is 1. The zero-order valence-electron chi connectivity index (χ0n) is 26.1. The van der Waals surface area contributed by atoms with Gasteiger partial charge in [0.1, 0.15) is 6.04 Å². The highest BCUT2D eigenvalue weighted by atomic mass is 16.4. The Labute approximate surface area is 245 Å². The lowest BCUT2D eigenvalue weighted by molar-refractivity contribution is -0.246. The van der Waals surface area contributed by atoms with E-state index >= 15 is 0 Å². The fraction of sp³-hybridized carbons (Fsp3) is 0.853. The number of hydrogen-bond acceptors (Lipinski definition) is 4. The second-order valence-electron chi connectivity index (χ2n) is 16.2. The summed E-state index contributed by atoms with van der Waals surface area (Å²) in [6.07, 6.45) is 8.62. The van der Waals surface area contributed by atoms with Crippen LogP contribution in [0.1, 0.15) is 112 Å². The quantitative estimate of drug-likeness (QED) is 0.288. The monoisotopic (exact) mass is 571 g/mol. The zero-order valence-corrected chi connectivity index (χ0v) is 26.1. The predicted octanol–water partition coefficient (Wildman–Crippen LogP) is 6.05. The Hall–Kier alpha value is -1.89. The number of carboxylic acid groups (broad SMARTS) is 2. The first kappa shape index (κ1) is 30.6. The van der Waals surface area contributed by atoms with Gasteiger partial charge in [-0.2, -0.15) is 0 Å². The fourth-order valence-corrected chi connectivity index (χ4v) is 12.2. The maximum absolute atomic E-state index is 14.1. The summed E-state index contributed by atoms with van der Waals surface area (Å²) >= 11 is 0. The number of fused-ring (bicyclic) bond motifs is 7. The molecule has 11 atom stereocenters. The van der Waals surface area contributed by atoms with E-state index in [-0.39, 0.29) is 45.5 Å². The van der Waals surface area contributed by atoms with E-state index in [0.717, 1.165) is 56.9 Å². The molecule has 5 aliphatic carbocycles. The molecule has 5 saturated carbocycles. The SMILES string of the molecule is C=C(C)[C@@H]1CC[C@]2(C(=O)N[C@@H](CC(=O)O)C(=O)O)CC[C@]3(C)[C@H](CC[C@@H]4[C@@]5(C)CC[C@H](O)C(C)(C)[C@@H]5CC[C@]43C)[C@@H]12. The van der Waals surface area contributed by atoms with Crippen LogP contribution in [0.3, 0.4) is 0 Å². The number of aliphatic hydroxyl groups excluding tert-OH is 1. The third-order valence-electron chi connectivity index (χ3n) is 14.5. The molecule has 5 fully saturated rings. The smallest absolute Gasteiger partial charge is 0.326 e. The van der Waals surface area contributed by atoms with Crippen molar-refractivity contribution in [2.24, 2.45) is 56.7 Å². The van der Waals surface area contributed by atoms with E-state index in [9.17, 15) is 29.7 Å². The third kappa shape index (κ3) is 4.17. The van der Waals surface area contributed by atoms with E-state index in [0.29, 0.717) is 30.6 Å². The molecule has 230 valence electrons. The number of aliphatic carboxylic acids is 2. The average molecular weight is 572 g/mol. The molecule has 0 aromatic rings. The minimum Gasteiger partial charge on any atom is -0.481 e. The first-order valence-electron chi connectivity index (χ1n) is 16.0. The van der Waals surface area contributed by atoms with Crippen molar-refractivity contribution in [3.63, 3.8) is 0 Å². The third-order valence-corrected chi connectivity index (χ3v) is 14.5. The van der Waals surface area contributed by atoms with Gasteiger partial charge in [-0.3, -0.25) is 9.59 Å².